The molecule has 1 aliphatic heterocycles. The molecule has 1 N–H and O–H groups in total. The number of rotatable bonds is 4. The fourth-order valence-corrected chi connectivity index (χ4v) is 1.88. The summed E-state index contributed by atoms with van der Waals surface area (Å²) in [7, 11) is 0. The Hall–Kier alpha value is -0.830. The number of ether oxygens (including phenoxy) is 1. The molecule has 0 spiro atoms. The molecule has 1 heterocycles. The SMILES string of the molecule is C=CC(=O)NC(CC)C1CCCOC1. The van der Waals surface area contributed by atoms with E-state index in [0.29, 0.717) is 5.92 Å². The van der Waals surface area contributed by atoms with Gasteiger partial charge in [0.05, 0.1) is 6.61 Å². The van der Waals surface area contributed by atoms with E-state index in [0.717, 1.165) is 32.5 Å². The van der Waals surface area contributed by atoms with Crippen LogP contribution in [0.4, 0.5) is 0 Å². The van der Waals surface area contributed by atoms with Gasteiger partial charge in [-0.3, -0.25) is 4.79 Å². The van der Waals surface area contributed by atoms with E-state index >= 15 is 0 Å². The molecule has 2 unspecified atom stereocenters. The molecule has 0 aromatic rings. The van der Waals surface area contributed by atoms with Gasteiger partial charge in [0, 0.05) is 18.6 Å². The minimum atomic E-state index is -0.0811. The highest BCUT2D eigenvalue weighted by Gasteiger charge is 2.23. The lowest BCUT2D eigenvalue weighted by molar-refractivity contribution is -0.117. The molecule has 0 saturated carbocycles. The molecule has 3 heteroatoms. The fourth-order valence-electron chi connectivity index (χ4n) is 1.88. The van der Waals surface area contributed by atoms with Gasteiger partial charge in [0.1, 0.15) is 0 Å². The van der Waals surface area contributed by atoms with E-state index < -0.39 is 0 Å². The highest BCUT2D eigenvalue weighted by molar-refractivity contribution is 5.87. The number of carbonyl (C=O) groups is 1. The topological polar surface area (TPSA) is 38.3 Å². The molecule has 1 amide bonds. The summed E-state index contributed by atoms with van der Waals surface area (Å²) in [6.45, 7) is 7.17. The van der Waals surface area contributed by atoms with Crippen LogP contribution in [0.3, 0.4) is 0 Å². The zero-order valence-corrected chi connectivity index (χ0v) is 8.79. The summed E-state index contributed by atoms with van der Waals surface area (Å²) in [6, 6.07) is 0.237. The van der Waals surface area contributed by atoms with Gasteiger partial charge in [0.25, 0.3) is 0 Å². The maximum atomic E-state index is 11.2. The normalized spacial score (nSPS) is 23.9. The van der Waals surface area contributed by atoms with Crippen LogP contribution in [0, 0.1) is 5.92 Å². The third-order valence-electron chi connectivity index (χ3n) is 2.72. The van der Waals surface area contributed by atoms with Crippen molar-refractivity contribution in [3.05, 3.63) is 12.7 Å². The van der Waals surface area contributed by atoms with Crippen molar-refractivity contribution >= 4 is 5.91 Å². The van der Waals surface area contributed by atoms with E-state index in [1.54, 1.807) is 0 Å². The molecule has 1 aliphatic rings. The maximum Gasteiger partial charge on any atom is 0.243 e. The monoisotopic (exact) mass is 197 g/mol. The number of hydrogen-bond acceptors (Lipinski definition) is 2. The van der Waals surface area contributed by atoms with Crippen molar-refractivity contribution < 1.29 is 9.53 Å². The van der Waals surface area contributed by atoms with Crippen LogP contribution in [0.25, 0.3) is 0 Å². The van der Waals surface area contributed by atoms with Gasteiger partial charge in [-0.25, -0.2) is 0 Å². The Bertz CT molecular complexity index is 197. The molecule has 1 rings (SSSR count). The van der Waals surface area contributed by atoms with Crippen molar-refractivity contribution in [2.45, 2.75) is 32.2 Å². The molecule has 1 fully saturated rings. The molecule has 80 valence electrons. The van der Waals surface area contributed by atoms with E-state index in [4.69, 9.17) is 4.74 Å². The molecule has 0 aromatic heterocycles. The molecule has 0 bridgehead atoms. The van der Waals surface area contributed by atoms with Crippen LogP contribution in [0.1, 0.15) is 26.2 Å². The largest absolute Gasteiger partial charge is 0.381 e. The summed E-state index contributed by atoms with van der Waals surface area (Å²) in [5, 5.41) is 2.95. The smallest absolute Gasteiger partial charge is 0.243 e. The van der Waals surface area contributed by atoms with Crippen molar-refractivity contribution in [2.75, 3.05) is 13.2 Å². The standard InChI is InChI=1S/C11H19NO2/c1-3-10(12-11(13)4-2)9-6-5-7-14-8-9/h4,9-10H,2-3,5-8H2,1H3,(H,12,13). The van der Waals surface area contributed by atoms with Gasteiger partial charge in [-0.05, 0) is 25.3 Å². The highest BCUT2D eigenvalue weighted by atomic mass is 16.5. The minimum Gasteiger partial charge on any atom is -0.381 e. The summed E-state index contributed by atoms with van der Waals surface area (Å²) < 4.78 is 5.40. The van der Waals surface area contributed by atoms with E-state index in [9.17, 15) is 4.79 Å². The van der Waals surface area contributed by atoms with Gasteiger partial charge in [-0.2, -0.15) is 0 Å². The second-order valence-electron chi connectivity index (χ2n) is 3.70. The van der Waals surface area contributed by atoms with E-state index in [1.807, 2.05) is 0 Å². The molecule has 0 radical (unpaired) electrons. The number of carbonyl (C=O) groups excluding carboxylic acids is 1. The third kappa shape index (κ3) is 3.14. The molecule has 0 aromatic carbocycles. The molecule has 3 nitrogen and oxygen atoms in total. The first-order valence-corrected chi connectivity index (χ1v) is 5.28. The lowest BCUT2D eigenvalue weighted by Gasteiger charge is -2.29. The third-order valence-corrected chi connectivity index (χ3v) is 2.72. The van der Waals surface area contributed by atoms with E-state index in [-0.39, 0.29) is 11.9 Å². The lowest BCUT2D eigenvalue weighted by atomic mass is 9.92. The quantitative estimate of drug-likeness (QED) is 0.693. The van der Waals surface area contributed by atoms with Crippen molar-refractivity contribution in [1.29, 1.82) is 0 Å². The summed E-state index contributed by atoms with van der Waals surface area (Å²) in [6.07, 6.45) is 4.53. The van der Waals surface area contributed by atoms with Crippen LogP contribution >= 0.6 is 0 Å². The van der Waals surface area contributed by atoms with Crippen molar-refractivity contribution in [3.8, 4) is 0 Å². The van der Waals surface area contributed by atoms with Crippen LogP contribution in [0.2, 0.25) is 0 Å². The van der Waals surface area contributed by atoms with Gasteiger partial charge < -0.3 is 10.1 Å². The number of nitrogens with one attached hydrogen (secondary N) is 1. The van der Waals surface area contributed by atoms with Crippen LogP contribution < -0.4 is 5.32 Å². The average Bonchev–Trinajstić information content (AvgIpc) is 2.26. The molecular formula is C11H19NO2. The van der Waals surface area contributed by atoms with Crippen LogP contribution in [0.5, 0.6) is 0 Å². The van der Waals surface area contributed by atoms with Crippen molar-refractivity contribution in [1.82, 2.24) is 5.32 Å². The molecule has 0 aliphatic carbocycles. The lowest BCUT2D eigenvalue weighted by Crippen LogP contribution is -2.42. The Morgan fingerprint density at radius 3 is 3.07 bits per heavy atom. The van der Waals surface area contributed by atoms with E-state index in [1.165, 1.54) is 6.08 Å². The second kappa shape index (κ2) is 5.81. The van der Waals surface area contributed by atoms with Crippen LogP contribution in [-0.2, 0) is 9.53 Å². The zero-order valence-electron chi connectivity index (χ0n) is 8.79. The Labute approximate surface area is 85.5 Å². The van der Waals surface area contributed by atoms with Crippen molar-refractivity contribution in [3.63, 3.8) is 0 Å². The Balaban J connectivity index is 2.42. The van der Waals surface area contributed by atoms with Crippen LogP contribution in [0.15, 0.2) is 12.7 Å². The predicted octanol–water partition coefficient (Wildman–Crippen LogP) is 1.49. The van der Waals surface area contributed by atoms with Crippen molar-refractivity contribution in [2.24, 2.45) is 5.92 Å². The predicted molar refractivity (Wildman–Crippen MR) is 56.0 cm³/mol. The Morgan fingerprint density at radius 1 is 1.79 bits per heavy atom. The Morgan fingerprint density at radius 2 is 2.57 bits per heavy atom. The van der Waals surface area contributed by atoms with Gasteiger partial charge in [0.2, 0.25) is 5.91 Å². The summed E-state index contributed by atoms with van der Waals surface area (Å²) in [4.78, 5) is 11.2. The van der Waals surface area contributed by atoms with Gasteiger partial charge >= 0.3 is 0 Å². The Kier molecular flexibility index (Phi) is 4.66. The van der Waals surface area contributed by atoms with Gasteiger partial charge in [-0.1, -0.05) is 13.5 Å². The fraction of sp³-hybridized carbons (Fsp3) is 0.727. The van der Waals surface area contributed by atoms with Gasteiger partial charge in [-0.15, -0.1) is 0 Å². The first kappa shape index (κ1) is 11.2. The van der Waals surface area contributed by atoms with Gasteiger partial charge in [0.15, 0.2) is 0 Å². The molecular weight excluding hydrogens is 178 g/mol. The average molecular weight is 197 g/mol. The molecule has 14 heavy (non-hydrogen) atoms. The molecule has 2 atom stereocenters. The minimum absolute atomic E-state index is 0.0811. The highest BCUT2D eigenvalue weighted by Crippen LogP contribution is 2.19. The molecule has 1 saturated heterocycles. The summed E-state index contributed by atoms with van der Waals surface area (Å²) in [5.74, 6) is 0.389. The summed E-state index contributed by atoms with van der Waals surface area (Å²) in [5.41, 5.74) is 0. The zero-order chi connectivity index (χ0) is 10.4. The second-order valence-corrected chi connectivity index (χ2v) is 3.70. The number of hydrogen-bond donors (Lipinski definition) is 1. The first-order valence-electron chi connectivity index (χ1n) is 5.28. The van der Waals surface area contributed by atoms with Crippen LogP contribution in [-0.4, -0.2) is 25.2 Å². The summed E-state index contributed by atoms with van der Waals surface area (Å²) >= 11 is 0. The first-order chi connectivity index (χ1) is 6.77. The van der Waals surface area contributed by atoms with E-state index in [2.05, 4.69) is 18.8 Å². The maximum absolute atomic E-state index is 11.2. The number of amides is 1.